The van der Waals surface area contributed by atoms with E-state index in [1.165, 1.54) is 0 Å². The number of halogens is 1. The maximum Gasteiger partial charge on any atom is 0.256 e. The van der Waals surface area contributed by atoms with Crippen LogP contribution in [0.2, 0.25) is 0 Å². The van der Waals surface area contributed by atoms with E-state index in [1.54, 1.807) is 0 Å². The third-order valence-corrected chi connectivity index (χ3v) is 4.42. The monoisotopic (exact) mass is 364 g/mol. The van der Waals surface area contributed by atoms with Gasteiger partial charge in [-0.3, -0.25) is 4.79 Å². The van der Waals surface area contributed by atoms with Gasteiger partial charge in [-0.25, -0.2) is 0 Å². The molecule has 1 N–H and O–H groups in total. The number of hydrogen-bond donors (Lipinski definition) is 1. The van der Waals surface area contributed by atoms with Gasteiger partial charge in [0.25, 0.3) is 5.91 Å². The summed E-state index contributed by atoms with van der Waals surface area (Å²) in [5, 5.41) is 2.90. The van der Waals surface area contributed by atoms with E-state index in [-0.39, 0.29) is 5.91 Å². The fourth-order valence-corrected chi connectivity index (χ4v) is 3.04. The maximum absolute atomic E-state index is 12.3. The Morgan fingerprint density at radius 2 is 1.74 bits per heavy atom. The van der Waals surface area contributed by atoms with Gasteiger partial charge in [0.2, 0.25) is 0 Å². The summed E-state index contributed by atoms with van der Waals surface area (Å²) in [5.41, 5.74) is 4.52. The van der Waals surface area contributed by atoms with Gasteiger partial charge in [0.15, 0.2) is 0 Å². The Morgan fingerprint density at radius 3 is 2.57 bits per heavy atom. The second-order valence-electron chi connectivity index (χ2n) is 5.34. The molecule has 2 heterocycles. The number of rotatable bonds is 2. The minimum Gasteiger partial charge on any atom is -0.321 e. The van der Waals surface area contributed by atoms with Crippen LogP contribution >= 0.6 is 15.9 Å². The zero-order valence-corrected chi connectivity index (χ0v) is 13.7. The Hall–Kier alpha value is -2.59. The molecule has 0 fully saturated rings. The Kier molecular flexibility index (Phi) is 3.39. The van der Waals surface area contributed by atoms with Crippen molar-refractivity contribution in [3.8, 4) is 5.69 Å². The van der Waals surface area contributed by atoms with Crippen molar-refractivity contribution in [2.75, 3.05) is 5.32 Å². The highest BCUT2D eigenvalue weighted by Crippen LogP contribution is 2.33. The van der Waals surface area contributed by atoms with E-state index in [2.05, 4.69) is 25.8 Å². The maximum atomic E-state index is 12.3. The number of hydrogen-bond acceptors (Lipinski definition) is 1. The first kappa shape index (κ1) is 14.0. The first-order valence-electron chi connectivity index (χ1n) is 7.28. The number of amides is 1. The molecular weight excluding hydrogens is 352 g/mol. The number of anilines is 1. The smallest absolute Gasteiger partial charge is 0.256 e. The lowest BCUT2D eigenvalue weighted by Crippen LogP contribution is -2.04. The molecular formula is C19H13BrN2O. The molecule has 0 saturated carbocycles. The van der Waals surface area contributed by atoms with Crippen molar-refractivity contribution in [2.24, 2.45) is 0 Å². The summed E-state index contributed by atoms with van der Waals surface area (Å²) >= 11 is 3.45. The van der Waals surface area contributed by atoms with E-state index >= 15 is 0 Å². The number of para-hydroxylation sites is 1. The van der Waals surface area contributed by atoms with Gasteiger partial charge in [-0.15, -0.1) is 0 Å². The minimum absolute atomic E-state index is 0.0604. The topological polar surface area (TPSA) is 34.0 Å². The first-order valence-corrected chi connectivity index (χ1v) is 8.07. The van der Waals surface area contributed by atoms with Gasteiger partial charge in [0.1, 0.15) is 0 Å². The average Bonchev–Trinajstić information content (AvgIpc) is 3.14. The highest BCUT2D eigenvalue weighted by molar-refractivity contribution is 9.10. The largest absolute Gasteiger partial charge is 0.321 e. The lowest BCUT2D eigenvalue weighted by molar-refractivity contribution is -0.110. The third kappa shape index (κ3) is 2.51. The molecule has 0 atom stereocenters. The molecule has 0 radical (unpaired) electrons. The van der Waals surface area contributed by atoms with Crippen molar-refractivity contribution >= 4 is 39.2 Å². The third-order valence-electron chi connectivity index (χ3n) is 3.89. The normalized spacial score (nSPS) is 14.8. The van der Waals surface area contributed by atoms with Gasteiger partial charge in [0, 0.05) is 33.3 Å². The molecule has 1 aliphatic rings. The number of nitrogens with one attached hydrogen (secondary N) is 1. The van der Waals surface area contributed by atoms with Gasteiger partial charge in [0.05, 0.1) is 5.57 Å². The molecule has 0 saturated heterocycles. The van der Waals surface area contributed by atoms with E-state index < -0.39 is 0 Å². The Morgan fingerprint density at radius 1 is 0.957 bits per heavy atom. The minimum atomic E-state index is -0.0604. The molecule has 1 aliphatic heterocycles. The summed E-state index contributed by atoms with van der Waals surface area (Å²) in [5.74, 6) is -0.0604. The van der Waals surface area contributed by atoms with Crippen LogP contribution in [0.15, 0.2) is 71.3 Å². The molecule has 23 heavy (non-hydrogen) atoms. The van der Waals surface area contributed by atoms with Crippen molar-refractivity contribution in [3.63, 3.8) is 0 Å². The lowest BCUT2D eigenvalue weighted by Gasteiger charge is -2.07. The van der Waals surface area contributed by atoms with Crippen LogP contribution in [-0.4, -0.2) is 10.5 Å². The molecule has 112 valence electrons. The molecule has 0 unspecified atom stereocenters. The number of fused-ring (bicyclic) bond motifs is 1. The first-order chi connectivity index (χ1) is 11.2. The number of carbonyl (C=O) groups excluding carboxylic acids is 1. The molecule has 0 aliphatic carbocycles. The van der Waals surface area contributed by atoms with Crippen LogP contribution in [0.4, 0.5) is 5.69 Å². The van der Waals surface area contributed by atoms with Crippen LogP contribution in [-0.2, 0) is 4.79 Å². The summed E-state index contributed by atoms with van der Waals surface area (Å²) in [4.78, 5) is 12.3. The Balaban J connectivity index is 1.80. The summed E-state index contributed by atoms with van der Waals surface area (Å²) in [6.45, 7) is 0. The van der Waals surface area contributed by atoms with E-state index in [4.69, 9.17) is 0 Å². The molecule has 1 aromatic heterocycles. The molecule has 0 spiro atoms. The lowest BCUT2D eigenvalue weighted by atomic mass is 10.1. The number of carbonyl (C=O) groups is 1. The molecule has 0 bridgehead atoms. The predicted molar refractivity (Wildman–Crippen MR) is 96.4 cm³/mol. The molecule has 3 nitrogen and oxygen atoms in total. The van der Waals surface area contributed by atoms with Gasteiger partial charge < -0.3 is 9.88 Å². The van der Waals surface area contributed by atoms with E-state index in [0.717, 1.165) is 27.1 Å². The van der Waals surface area contributed by atoms with Crippen molar-refractivity contribution < 1.29 is 4.79 Å². The standard InChI is InChI=1S/C19H13BrN2O/c20-13-7-9-14(10-8-13)22-11-3-4-15(22)12-17-16-5-1-2-6-18(16)21-19(17)23/h1-12H,(H,21,23)/b17-12+. The van der Waals surface area contributed by atoms with Crippen LogP contribution in [0.5, 0.6) is 0 Å². The van der Waals surface area contributed by atoms with Crippen LogP contribution in [0.25, 0.3) is 17.3 Å². The predicted octanol–water partition coefficient (Wildman–Crippen LogP) is 4.73. The fraction of sp³-hybridized carbons (Fsp3) is 0. The highest BCUT2D eigenvalue weighted by atomic mass is 79.9. The van der Waals surface area contributed by atoms with Gasteiger partial charge in [-0.05, 0) is 48.5 Å². The van der Waals surface area contributed by atoms with Gasteiger partial charge in [-0.1, -0.05) is 34.1 Å². The summed E-state index contributed by atoms with van der Waals surface area (Å²) in [7, 11) is 0. The van der Waals surface area contributed by atoms with Crippen molar-refractivity contribution in [3.05, 3.63) is 82.6 Å². The van der Waals surface area contributed by atoms with Crippen molar-refractivity contribution in [2.45, 2.75) is 0 Å². The average molecular weight is 365 g/mol. The quantitative estimate of drug-likeness (QED) is 0.655. The summed E-state index contributed by atoms with van der Waals surface area (Å²) in [6.07, 6.45) is 3.93. The second-order valence-corrected chi connectivity index (χ2v) is 6.25. The molecule has 4 rings (SSSR count). The highest BCUT2D eigenvalue weighted by Gasteiger charge is 2.23. The Labute approximate surface area is 142 Å². The van der Waals surface area contributed by atoms with Crippen LogP contribution < -0.4 is 5.32 Å². The molecule has 2 aromatic carbocycles. The van der Waals surface area contributed by atoms with Crippen molar-refractivity contribution in [1.29, 1.82) is 0 Å². The van der Waals surface area contributed by atoms with E-state index in [0.29, 0.717) is 5.57 Å². The zero-order chi connectivity index (χ0) is 15.8. The van der Waals surface area contributed by atoms with E-state index in [9.17, 15) is 4.79 Å². The van der Waals surface area contributed by atoms with Crippen molar-refractivity contribution in [1.82, 2.24) is 4.57 Å². The fourth-order valence-electron chi connectivity index (χ4n) is 2.78. The van der Waals surface area contributed by atoms with E-state index in [1.807, 2.05) is 72.9 Å². The Bertz CT molecular complexity index is 923. The van der Waals surface area contributed by atoms with Gasteiger partial charge in [-0.2, -0.15) is 0 Å². The summed E-state index contributed by atoms with van der Waals surface area (Å²) in [6, 6.07) is 19.8. The molecule has 4 heteroatoms. The molecule has 3 aromatic rings. The van der Waals surface area contributed by atoms with Crippen LogP contribution in [0, 0.1) is 0 Å². The number of nitrogens with zero attached hydrogens (tertiary/aromatic N) is 1. The zero-order valence-electron chi connectivity index (χ0n) is 12.2. The van der Waals surface area contributed by atoms with Crippen LogP contribution in [0.3, 0.4) is 0 Å². The second kappa shape index (κ2) is 5.56. The number of aromatic nitrogens is 1. The SMILES string of the molecule is O=C1Nc2ccccc2/C1=C\c1cccn1-c1ccc(Br)cc1. The van der Waals surface area contributed by atoms with Gasteiger partial charge >= 0.3 is 0 Å². The summed E-state index contributed by atoms with van der Waals surface area (Å²) < 4.78 is 3.10. The molecule has 1 amide bonds. The number of benzene rings is 2. The van der Waals surface area contributed by atoms with Crippen LogP contribution in [0.1, 0.15) is 11.3 Å².